The summed E-state index contributed by atoms with van der Waals surface area (Å²) in [6.45, 7) is 0. The van der Waals surface area contributed by atoms with Crippen molar-refractivity contribution in [3.05, 3.63) is 90.5 Å². The summed E-state index contributed by atoms with van der Waals surface area (Å²) in [5.41, 5.74) is 6.88. The van der Waals surface area contributed by atoms with Crippen molar-refractivity contribution in [2.24, 2.45) is 0 Å². The average Bonchev–Trinajstić information content (AvgIpc) is 3.10. The molecule has 0 aliphatic heterocycles. The van der Waals surface area contributed by atoms with Crippen molar-refractivity contribution < 1.29 is 0 Å². The van der Waals surface area contributed by atoms with E-state index in [1.165, 1.54) is 0 Å². The van der Waals surface area contributed by atoms with E-state index < -0.39 is 0 Å². The molecule has 5 aromatic rings. The van der Waals surface area contributed by atoms with Crippen molar-refractivity contribution in [2.45, 2.75) is 6.42 Å². The van der Waals surface area contributed by atoms with Crippen LogP contribution in [0.2, 0.25) is 0 Å². The Bertz CT molecular complexity index is 1210. The van der Waals surface area contributed by atoms with Crippen LogP contribution in [-0.2, 0) is 6.42 Å². The van der Waals surface area contributed by atoms with E-state index in [1.807, 2.05) is 47.1 Å². The second kappa shape index (κ2) is 6.04. The van der Waals surface area contributed by atoms with Crippen LogP contribution in [0.5, 0.6) is 0 Å². The van der Waals surface area contributed by atoms with Crippen LogP contribution in [0.15, 0.2) is 79.3 Å². The van der Waals surface area contributed by atoms with Crippen LogP contribution < -0.4 is 0 Å². The molecule has 0 saturated carbocycles. The van der Waals surface area contributed by atoms with Crippen molar-refractivity contribution >= 4 is 16.7 Å². The van der Waals surface area contributed by atoms with Gasteiger partial charge in [0.2, 0.25) is 0 Å². The van der Waals surface area contributed by atoms with Crippen LogP contribution in [0.25, 0.3) is 27.9 Å². The minimum absolute atomic E-state index is 0.735. The molecule has 0 atom stereocenters. The summed E-state index contributed by atoms with van der Waals surface area (Å²) in [5, 5.41) is 4.79. The zero-order chi connectivity index (χ0) is 17.3. The summed E-state index contributed by atoms with van der Waals surface area (Å²) < 4.78 is 1.92. The Morgan fingerprint density at radius 2 is 1.62 bits per heavy atom. The molecule has 5 heteroatoms. The lowest BCUT2D eigenvalue weighted by molar-refractivity contribution is 0.876. The number of fused-ring (bicyclic) bond motifs is 2. The molecular weight excluding hydrogens is 322 g/mol. The number of rotatable bonds is 3. The molecule has 0 spiro atoms. The van der Waals surface area contributed by atoms with Crippen molar-refractivity contribution in [1.82, 2.24) is 24.6 Å². The first kappa shape index (κ1) is 14.7. The van der Waals surface area contributed by atoms with E-state index in [-0.39, 0.29) is 0 Å². The summed E-state index contributed by atoms with van der Waals surface area (Å²) in [5.74, 6) is 0. The lowest BCUT2D eigenvalue weighted by Gasteiger charge is -2.05. The van der Waals surface area contributed by atoms with Crippen LogP contribution in [0, 0.1) is 0 Å². The molecule has 5 rings (SSSR count). The number of hydrogen-bond acceptors (Lipinski definition) is 4. The third-order valence-corrected chi connectivity index (χ3v) is 4.42. The van der Waals surface area contributed by atoms with Gasteiger partial charge in [0, 0.05) is 24.4 Å². The summed E-state index contributed by atoms with van der Waals surface area (Å²) in [7, 11) is 0. The van der Waals surface area contributed by atoms with Crippen LogP contribution in [0.4, 0.5) is 0 Å². The molecule has 3 aromatic heterocycles. The third-order valence-electron chi connectivity index (χ3n) is 4.42. The Balaban J connectivity index is 1.55. The first-order valence-electron chi connectivity index (χ1n) is 8.45. The molecule has 3 heterocycles. The Morgan fingerprint density at radius 3 is 2.50 bits per heavy atom. The molecule has 0 aliphatic carbocycles. The minimum atomic E-state index is 0.735. The van der Waals surface area contributed by atoms with Gasteiger partial charge in [0.25, 0.3) is 0 Å². The monoisotopic (exact) mass is 337 g/mol. The zero-order valence-electron chi connectivity index (χ0n) is 13.9. The van der Waals surface area contributed by atoms with E-state index >= 15 is 0 Å². The van der Waals surface area contributed by atoms with Crippen molar-refractivity contribution in [1.29, 1.82) is 0 Å². The molecular formula is C21H15N5. The molecule has 2 aromatic carbocycles. The number of benzene rings is 2. The molecule has 0 unspecified atom stereocenters. The lowest BCUT2D eigenvalue weighted by atomic mass is 10.1. The standard InChI is InChI=1S/C21H15N5/c1-2-4-16(5-3-1)18-8-9-21-24-14-17(26(21)25-18)12-15-6-7-19-20(13-15)23-11-10-22-19/h1-11,13-14H,12H2. The van der Waals surface area contributed by atoms with Crippen LogP contribution in [0.1, 0.15) is 11.3 Å². The van der Waals surface area contributed by atoms with Gasteiger partial charge in [-0.3, -0.25) is 9.97 Å². The summed E-state index contributed by atoms with van der Waals surface area (Å²) in [4.78, 5) is 13.2. The topological polar surface area (TPSA) is 56.0 Å². The third kappa shape index (κ3) is 2.59. The summed E-state index contributed by atoms with van der Waals surface area (Å²) >= 11 is 0. The predicted octanol–water partition coefficient (Wildman–Crippen LogP) is 3.93. The highest BCUT2D eigenvalue weighted by molar-refractivity contribution is 5.74. The maximum Gasteiger partial charge on any atom is 0.153 e. The van der Waals surface area contributed by atoms with E-state index in [4.69, 9.17) is 5.10 Å². The first-order chi connectivity index (χ1) is 12.9. The molecule has 0 radical (unpaired) electrons. The van der Waals surface area contributed by atoms with Crippen molar-refractivity contribution in [3.63, 3.8) is 0 Å². The van der Waals surface area contributed by atoms with E-state index in [1.54, 1.807) is 12.4 Å². The van der Waals surface area contributed by atoms with Crippen molar-refractivity contribution in [3.8, 4) is 11.3 Å². The summed E-state index contributed by atoms with van der Waals surface area (Å²) in [6.07, 6.45) is 6.05. The van der Waals surface area contributed by atoms with Gasteiger partial charge in [0.1, 0.15) is 0 Å². The van der Waals surface area contributed by atoms with E-state index in [0.717, 1.165) is 45.6 Å². The number of aromatic nitrogens is 5. The maximum absolute atomic E-state index is 4.79. The smallest absolute Gasteiger partial charge is 0.153 e. The number of imidazole rings is 1. The van der Waals surface area contributed by atoms with E-state index in [0.29, 0.717) is 0 Å². The first-order valence-corrected chi connectivity index (χ1v) is 8.45. The molecule has 124 valence electrons. The Kier molecular flexibility index (Phi) is 3.42. The lowest BCUT2D eigenvalue weighted by Crippen LogP contribution is -2.00. The minimum Gasteiger partial charge on any atom is -0.253 e. The molecule has 0 fully saturated rings. The maximum atomic E-state index is 4.79. The molecule has 5 nitrogen and oxygen atoms in total. The van der Waals surface area contributed by atoms with Crippen LogP contribution in [0.3, 0.4) is 0 Å². The second-order valence-electron chi connectivity index (χ2n) is 6.16. The van der Waals surface area contributed by atoms with Crippen molar-refractivity contribution in [2.75, 3.05) is 0 Å². The quantitative estimate of drug-likeness (QED) is 0.500. The van der Waals surface area contributed by atoms with Gasteiger partial charge in [-0.1, -0.05) is 36.4 Å². The Labute approximate surface area is 150 Å². The molecule has 0 aliphatic rings. The fourth-order valence-corrected chi connectivity index (χ4v) is 3.13. The number of nitrogens with zero attached hydrogens (tertiary/aromatic N) is 5. The predicted molar refractivity (Wildman–Crippen MR) is 101 cm³/mol. The zero-order valence-corrected chi connectivity index (χ0v) is 13.9. The molecule has 0 bridgehead atoms. The molecule has 0 N–H and O–H groups in total. The van der Waals surface area contributed by atoms with Gasteiger partial charge < -0.3 is 0 Å². The van der Waals surface area contributed by atoms with Crippen LogP contribution >= 0.6 is 0 Å². The molecule has 0 amide bonds. The van der Waals surface area contributed by atoms with E-state index in [9.17, 15) is 0 Å². The van der Waals surface area contributed by atoms with Gasteiger partial charge in [0.05, 0.1) is 28.6 Å². The average molecular weight is 337 g/mol. The summed E-state index contributed by atoms with van der Waals surface area (Å²) in [6, 6.07) is 20.3. The Morgan fingerprint density at radius 1 is 0.769 bits per heavy atom. The second-order valence-corrected chi connectivity index (χ2v) is 6.16. The van der Waals surface area contributed by atoms with Gasteiger partial charge in [-0.25, -0.2) is 9.50 Å². The number of hydrogen-bond donors (Lipinski definition) is 0. The fourth-order valence-electron chi connectivity index (χ4n) is 3.13. The normalized spacial score (nSPS) is 11.2. The highest BCUT2D eigenvalue weighted by atomic mass is 15.3. The highest BCUT2D eigenvalue weighted by Crippen LogP contribution is 2.19. The van der Waals surface area contributed by atoms with E-state index in [2.05, 4.69) is 39.2 Å². The van der Waals surface area contributed by atoms with Gasteiger partial charge in [-0.05, 0) is 29.8 Å². The van der Waals surface area contributed by atoms with Gasteiger partial charge in [-0.15, -0.1) is 0 Å². The SMILES string of the molecule is c1ccc(-c2ccc3ncc(Cc4ccc5nccnc5c4)n3n2)cc1. The highest BCUT2D eigenvalue weighted by Gasteiger charge is 2.08. The van der Waals surface area contributed by atoms with Crippen LogP contribution in [-0.4, -0.2) is 24.6 Å². The molecule has 0 saturated heterocycles. The van der Waals surface area contributed by atoms with Gasteiger partial charge >= 0.3 is 0 Å². The van der Waals surface area contributed by atoms with Gasteiger partial charge in [0.15, 0.2) is 5.65 Å². The molecule has 26 heavy (non-hydrogen) atoms. The van der Waals surface area contributed by atoms with Gasteiger partial charge in [-0.2, -0.15) is 5.10 Å². The fraction of sp³-hybridized carbons (Fsp3) is 0.0476. The largest absolute Gasteiger partial charge is 0.253 e. The Hall–Kier alpha value is -3.60.